The fourth-order valence-electron chi connectivity index (χ4n) is 1.90. The summed E-state index contributed by atoms with van der Waals surface area (Å²) in [6.07, 6.45) is 1.60. The highest BCUT2D eigenvalue weighted by molar-refractivity contribution is 5.52. The molecule has 0 aromatic carbocycles. The van der Waals surface area contributed by atoms with Crippen molar-refractivity contribution in [2.45, 2.75) is 0 Å². The van der Waals surface area contributed by atoms with Crippen LogP contribution >= 0.6 is 0 Å². The van der Waals surface area contributed by atoms with Gasteiger partial charge in [0.15, 0.2) is 5.76 Å². The van der Waals surface area contributed by atoms with Crippen LogP contribution in [0.25, 0.3) is 11.6 Å². The Morgan fingerprint density at radius 1 is 1.21 bits per heavy atom. The first-order valence-corrected chi connectivity index (χ1v) is 6.17. The molecule has 0 amide bonds. The van der Waals surface area contributed by atoms with Crippen molar-refractivity contribution >= 4 is 11.9 Å². The van der Waals surface area contributed by atoms with Crippen molar-refractivity contribution < 1.29 is 9.15 Å². The number of rotatable bonds is 3. The zero-order valence-electron chi connectivity index (χ0n) is 10.7. The number of anilines is 2. The van der Waals surface area contributed by atoms with Crippen LogP contribution in [0.3, 0.4) is 0 Å². The summed E-state index contributed by atoms with van der Waals surface area (Å²) in [6, 6.07) is 3.64. The molecular weight excluding hydrogens is 246 g/mol. The van der Waals surface area contributed by atoms with Gasteiger partial charge >= 0.3 is 0 Å². The zero-order chi connectivity index (χ0) is 13.1. The number of furan rings is 1. The summed E-state index contributed by atoms with van der Waals surface area (Å²) in [7, 11) is 1.78. The highest BCUT2D eigenvalue weighted by Crippen LogP contribution is 2.20. The Morgan fingerprint density at radius 3 is 2.74 bits per heavy atom. The SMILES string of the molecule is CNc1nc(-c2ccco2)nc(N2CCOCC2)n1. The van der Waals surface area contributed by atoms with Gasteiger partial charge in [0, 0.05) is 20.1 Å². The predicted molar refractivity (Wildman–Crippen MR) is 70.1 cm³/mol. The minimum Gasteiger partial charge on any atom is -0.461 e. The summed E-state index contributed by atoms with van der Waals surface area (Å²) in [5, 5.41) is 2.95. The third-order valence-corrected chi connectivity index (χ3v) is 2.88. The monoisotopic (exact) mass is 261 g/mol. The second-order valence-corrected chi connectivity index (χ2v) is 4.11. The van der Waals surface area contributed by atoms with E-state index in [0.29, 0.717) is 36.7 Å². The molecule has 0 radical (unpaired) electrons. The summed E-state index contributed by atoms with van der Waals surface area (Å²) in [6.45, 7) is 2.95. The molecule has 2 aromatic rings. The minimum atomic E-state index is 0.530. The summed E-state index contributed by atoms with van der Waals surface area (Å²) in [5.41, 5.74) is 0. The van der Waals surface area contributed by atoms with Gasteiger partial charge in [0.2, 0.25) is 17.7 Å². The van der Waals surface area contributed by atoms with Crippen molar-refractivity contribution in [1.29, 1.82) is 0 Å². The first kappa shape index (κ1) is 11.9. The quantitative estimate of drug-likeness (QED) is 0.883. The van der Waals surface area contributed by atoms with Crippen molar-refractivity contribution in [3.63, 3.8) is 0 Å². The Balaban J connectivity index is 1.97. The molecule has 2 aromatic heterocycles. The number of hydrogen-bond acceptors (Lipinski definition) is 7. The normalized spacial score (nSPS) is 15.5. The standard InChI is InChI=1S/C12H15N5O2/c1-13-11-14-10(9-3-2-6-19-9)15-12(16-11)17-4-7-18-8-5-17/h2-3,6H,4-5,7-8H2,1H3,(H,13,14,15,16). The van der Waals surface area contributed by atoms with Gasteiger partial charge < -0.3 is 19.4 Å². The molecule has 0 aliphatic carbocycles. The van der Waals surface area contributed by atoms with Gasteiger partial charge in [0.1, 0.15) is 0 Å². The van der Waals surface area contributed by atoms with E-state index in [9.17, 15) is 0 Å². The van der Waals surface area contributed by atoms with E-state index >= 15 is 0 Å². The van der Waals surface area contributed by atoms with Crippen molar-refractivity contribution in [3.8, 4) is 11.6 Å². The number of nitrogens with one attached hydrogen (secondary N) is 1. The lowest BCUT2D eigenvalue weighted by Crippen LogP contribution is -2.37. The van der Waals surface area contributed by atoms with Crippen molar-refractivity contribution in [2.75, 3.05) is 43.6 Å². The lowest BCUT2D eigenvalue weighted by molar-refractivity contribution is 0.122. The van der Waals surface area contributed by atoms with Gasteiger partial charge in [-0.15, -0.1) is 0 Å². The zero-order valence-corrected chi connectivity index (χ0v) is 10.7. The maximum absolute atomic E-state index is 5.34. The molecule has 0 bridgehead atoms. The molecule has 3 rings (SSSR count). The Hall–Kier alpha value is -2.15. The molecule has 1 fully saturated rings. The number of morpholine rings is 1. The van der Waals surface area contributed by atoms with E-state index in [1.54, 1.807) is 13.3 Å². The first-order chi connectivity index (χ1) is 9.36. The van der Waals surface area contributed by atoms with Crippen molar-refractivity contribution in [3.05, 3.63) is 18.4 Å². The van der Waals surface area contributed by atoms with Crippen LogP contribution in [0.15, 0.2) is 22.8 Å². The highest BCUT2D eigenvalue weighted by Gasteiger charge is 2.17. The smallest absolute Gasteiger partial charge is 0.230 e. The van der Waals surface area contributed by atoms with Gasteiger partial charge in [0.25, 0.3) is 0 Å². The maximum atomic E-state index is 5.34. The Morgan fingerprint density at radius 2 is 2.05 bits per heavy atom. The fraction of sp³-hybridized carbons (Fsp3) is 0.417. The van der Waals surface area contributed by atoms with E-state index in [-0.39, 0.29) is 0 Å². The van der Waals surface area contributed by atoms with Crippen molar-refractivity contribution in [2.24, 2.45) is 0 Å². The summed E-state index contributed by atoms with van der Waals surface area (Å²) in [5.74, 6) is 2.34. The van der Waals surface area contributed by atoms with E-state index in [2.05, 4.69) is 25.2 Å². The van der Waals surface area contributed by atoms with Gasteiger partial charge in [-0.3, -0.25) is 0 Å². The molecule has 19 heavy (non-hydrogen) atoms. The molecule has 7 nitrogen and oxygen atoms in total. The molecule has 0 unspecified atom stereocenters. The molecule has 7 heteroatoms. The Bertz CT molecular complexity index is 537. The van der Waals surface area contributed by atoms with Gasteiger partial charge in [-0.25, -0.2) is 0 Å². The lowest BCUT2D eigenvalue weighted by Gasteiger charge is -2.26. The molecule has 1 aliphatic rings. The van der Waals surface area contributed by atoms with Crippen LogP contribution in [0, 0.1) is 0 Å². The number of hydrogen-bond donors (Lipinski definition) is 1. The van der Waals surface area contributed by atoms with E-state index < -0.39 is 0 Å². The Kier molecular flexibility index (Phi) is 3.28. The third-order valence-electron chi connectivity index (χ3n) is 2.88. The van der Waals surface area contributed by atoms with Crippen LogP contribution in [0.5, 0.6) is 0 Å². The van der Waals surface area contributed by atoms with Crippen LogP contribution in [0.2, 0.25) is 0 Å². The average Bonchev–Trinajstić information content (AvgIpc) is 3.02. The second-order valence-electron chi connectivity index (χ2n) is 4.11. The van der Waals surface area contributed by atoms with Crippen LogP contribution in [-0.2, 0) is 4.74 Å². The molecule has 1 saturated heterocycles. The molecule has 0 saturated carbocycles. The van der Waals surface area contributed by atoms with Crippen LogP contribution < -0.4 is 10.2 Å². The maximum Gasteiger partial charge on any atom is 0.230 e. The molecule has 0 spiro atoms. The predicted octanol–water partition coefficient (Wildman–Crippen LogP) is 1.01. The van der Waals surface area contributed by atoms with Gasteiger partial charge in [-0.1, -0.05) is 0 Å². The fourth-order valence-corrected chi connectivity index (χ4v) is 1.90. The highest BCUT2D eigenvalue weighted by atomic mass is 16.5. The molecule has 3 heterocycles. The molecule has 1 aliphatic heterocycles. The topological polar surface area (TPSA) is 76.3 Å². The molecule has 0 atom stereocenters. The molecular formula is C12H15N5O2. The van der Waals surface area contributed by atoms with Crippen LogP contribution in [0.4, 0.5) is 11.9 Å². The van der Waals surface area contributed by atoms with Gasteiger partial charge in [-0.05, 0) is 12.1 Å². The number of aromatic nitrogens is 3. The molecule has 1 N–H and O–H groups in total. The van der Waals surface area contributed by atoms with Crippen LogP contribution in [-0.4, -0.2) is 48.3 Å². The van der Waals surface area contributed by atoms with E-state index in [4.69, 9.17) is 9.15 Å². The van der Waals surface area contributed by atoms with E-state index in [0.717, 1.165) is 13.1 Å². The third kappa shape index (κ3) is 2.50. The van der Waals surface area contributed by atoms with Gasteiger partial charge in [0.05, 0.1) is 19.5 Å². The number of ether oxygens (including phenoxy) is 1. The summed E-state index contributed by atoms with van der Waals surface area (Å²) < 4.78 is 10.7. The second kappa shape index (κ2) is 5.23. The lowest BCUT2D eigenvalue weighted by atomic mass is 10.4. The van der Waals surface area contributed by atoms with Gasteiger partial charge in [-0.2, -0.15) is 15.0 Å². The Labute approximate surface area is 110 Å². The number of nitrogens with zero attached hydrogens (tertiary/aromatic N) is 4. The largest absolute Gasteiger partial charge is 0.461 e. The van der Waals surface area contributed by atoms with E-state index in [1.807, 2.05) is 12.1 Å². The minimum absolute atomic E-state index is 0.530. The van der Waals surface area contributed by atoms with E-state index in [1.165, 1.54) is 0 Å². The summed E-state index contributed by atoms with van der Waals surface area (Å²) >= 11 is 0. The molecule has 100 valence electrons. The summed E-state index contributed by atoms with van der Waals surface area (Å²) in [4.78, 5) is 15.2. The van der Waals surface area contributed by atoms with Crippen LogP contribution in [0.1, 0.15) is 0 Å². The van der Waals surface area contributed by atoms with Crippen molar-refractivity contribution in [1.82, 2.24) is 15.0 Å². The average molecular weight is 261 g/mol. The first-order valence-electron chi connectivity index (χ1n) is 6.17.